The Kier molecular flexibility index (Phi) is 5.14. The summed E-state index contributed by atoms with van der Waals surface area (Å²) in [6.07, 6.45) is 0.877. The molecule has 0 radical (unpaired) electrons. The van der Waals surface area contributed by atoms with E-state index in [1.165, 1.54) is 0 Å². The van der Waals surface area contributed by atoms with Gasteiger partial charge in [0.1, 0.15) is 10.8 Å². The highest BCUT2D eigenvalue weighted by molar-refractivity contribution is 7.92. The standard InChI is InChI=1S/C21H25NO4S/c1-4-15-8-10-16(11-9-15)18-19(21(18,22)20(23)26-5-2)27(24,25)17-12-6-14(3)7-13-17/h6-13,18-19H,4-5,22H2,1-3H3/t18-,19-,21-/m0/s1. The van der Waals surface area contributed by atoms with Crippen molar-refractivity contribution in [3.8, 4) is 0 Å². The second-order valence-corrected chi connectivity index (χ2v) is 9.07. The van der Waals surface area contributed by atoms with Crippen LogP contribution in [0.1, 0.15) is 36.5 Å². The molecule has 27 heavy (non-hydrogen) atoms. The van der Waals surface area contributed by atoms with Crippen LogP contribution in [-0.2, 0) is 25.8 Å². The zero-order valence-electron chi connectivity index (χ0n) is 15.8. The minimum atomic E-state index is -3.79. The number of hydrogen-bond donors (Lipinski definition) is 1. The molecule has 0 spiro atoms. The van der Waals surface area contributed by atoms with Crippen molar-refractivity contribution in [3.05, 3.63) is 65.2 Å². The number of rotatable bonds is 6. The Bertz CT molecular complexity index is 935. The lowest BCUT2D eigenvalue weighted by atomic mass is 10.0. The molecule has 6 heteroatoms. The lowest BCUT2D eigenvalue weighted by Gasteiger charge is -2.11. The highest BCUT2D eigenvalue weighted by Gasteiger charge is 2.74. The molecule has 0 amide bonds. The smallest absolute Gasteiger partial charge is 0.328 e. The summed E-state index contributed by atoms with van der Waals surface area (Å²) >= 11 is 0. The molecule has 2 aromatic carbocycles. The summed E-state index contributed by atoms with van der Waals surface area (Å²) in [4.78, 5) is 12.7. The van der Waals surface area contributed by atoms with Crippen molar-refractivity contribution in [2.75, 3.05) is 6.61 Å². The van der Waals surface area contributed by atoms with E-state index >= 15 is 0 Å². The lowest BCUT2D eigenvalue weighted by molar-refractivity contribution is -0.145. The van der Waals surface area contributed by atoms with E-state index in [1.54, 1.807) is 31.2 Å². The van der Waals surface area contributed by atoms with E-state index < -0.39 is 32.5 Å². The average molecular weight is 388 g/mol. The fourth-order valence-corrected chi connectivity index (χ4v) is 5.82. The Hall–Kier alpha value is -2.18. The van der Waals surface area contributed by atoms with Crippen LogP contribution in [0.5, 0.6) is 0 Å². The van der Waals surface area contributed by atoms with Crippen molar-refractivity contribution in [3.63, 3.8) is 0 Å². The minimum Gasteiger partial charge on any atom is -0.465 e. The third-order valence-corrected chi connectivity index (χ3v) is 7.50. The maximum atomic E-state index is 13.2. The van der Waals surface area contributed by atoms with Gasteiger partial charge in [-0.3, -0.25) is 0 Å². The Morgan fingerprint density at radius 1 is 1.07 bits per heavy atom. The third-order valence-electron chi connectivity index (χ3n) is 5.24. The van der Waals surface area contributed by atoms with Gasteiger partial charge in [-0.1, -0.05) is 48.9 Å². The summed E-state index contributed by atoms with van der Waals surface area (Å²) in [6, 6.07) is 14.2. The fourth-order valence-electron chi connectivity index (χ4n) is 3.60. The maximum Gasteiger partial charge on any atom is 0.328 e. The van der Waals surface area contributed by atoms with E-state index in [0.717, 1.165) is 23.1 Å². The molecule has 1 saturated carbocycles. The molecule has 3 rings (SSSR count). The van der Waals surface area contributed by atoms with Crippen LogP contribution in [0.4, 0.5) is 0 Å². The van der Waals surface area contributed by atoms with E-state index in [2.05, 4.69) is 0 Å². The highest BCUT2D eigenvalue weighted by atomic mass is 32.2. The van der Waals surface area contributed by atoms with Gasteiger partial charge in [0.05, 0.1) is 11.5 Å². The van der Waals surface area contributed by atoms with Crippen LogP contribution in [0, 0.1) is 6.92 Å². The second kappa shape index (κ2) is 7.09. The average Bonchev–Trinajstić information content (AvgIpc) is 3.31. The maximum absolute atomic E-state index is 13.2. The van der Waals surface area contributed by atoms with Gasteiger partial charge in [-0.05, 0) is 43.5 Å². The number of hydrogen-bond acceptors (Lipinski definition) is 5. The number of esters is 1. The predicted molar refractivity (Wildman–Crippen MR) is 104 cm³/mol. The summed E-state index contributed by atoms with van der Waals surface area (Å²) in [6.45, 7) is 5.76. The molecule has 1 aliphatic carbocycles. The van der Waals surface area contributed by atoms with E-state index in [9.17, 15) is 13.2 Å². The van der Waals surface area contributed by atoms with Gasteiger partial charge in [0.2, 0.25) is 0 Å². The molecule has 0 bridgehead atoms. The van der Waals surface area contributed by atoms with Crippen LogP contribution in [0.3, 0.4) is 0 Å². The van der Waals surface area contributed by atoms with Crippen LogP contribution in [0.2, 0.25) is 0 Å². The van der Waals surface area contributed by atoms with Crippen LogP contribution in [-0.4, -0.2) is 31.8 Å². The van der Waals surface area contributed by atoms with Crippen molar-refractivity contribution in [1.82, 2.24) is 0 Å². The van der Waals surface area contributed by atoms with Gasteiger partial charge in [-0.25, -0.2) is 13.2 Å². The lowest BCUT2D eigenvalue weighted by Crippen LogP contribution is -2.41. The SMILES string of the molecule is CCOC(=O)[C@]1(N)[C@@H](c2ccc(CC)cc2)[C@@H]1S(=O)(=O)c1ccc(C)cc1. The van der Waals surface area contributed by atoms with E-state index in [0.29, 0.717) is 0 Å². The highest BCUT2D eigenvalue weighted by Crippen LogP contribution is 2.56. The van der Waals surface area contributed by atoms with Gasteiger partial charge in [0, 0.05) is 5.92 Å². The van der Waals surface area contributed by atoms with Crippen LogP contribution < -0.4 is 5.73 Å². The number of carbonyl (C=O) groups is 1. The van der Waals surface area contributed by atoms with E-state index in [4.69, 9.17) is 10.5 Å². The summed E-state index contributed by atoms with van der Waals surface area (Å²) < 4.78 is 31.6. The molecule has 0 saturated heterocycles. The summed E-state index contributed by atoms with van der Waals surface area (Å²) in [5, 5.41) is -1.04. The summed E-state index contributed by atoms with van der Waals surface area (Å²) in [5.74, 6) is -1.30. The molecule has 144 valence electrons. The number of benzene rings is 2. The van der Waals surface area contributed by atoms with Gasteiger partial charge < -0.3 is 10.5 Å². The third kappa shape index (κ3) is 3.28. The molecule has 3 atom stereocenters. The molecule has 1 fully saturated rings. The Labute approximate surface area is 160 Å². The van der Waals surface area contributed by atoms with Gasteiger partial charge in [-0.15, -0.1) is 0 Å². The van der Waals surface area contributed by atoms with Crippen molar-refractivity contribution < 1.29 is 17.9 Å². The fraction of sp³-hybridized carbons (Fsp3) is 0.381. The first-order valence-corrected chi connectivity index (χ1v) is 10.7. The van der Waals surface area contributed by atoms with Gasteiger partial charge in [0.15, 0.2) is 9.84 Å². The van der Waals surface area contributed by atoms with Gasteiger partial charge in [-0.2, -0.15) is 0 Å². The number of sulfone groups is 1. The molecule has 0 aliphatic heterocycles. The van der Waals surface area contributed by atoms with Crippen molar-refractivity contribution in [2.24, 2.45) is 5.73 Å². The van der Waals surface area contributed by atoms with E-state index in [-0.39, 0.29) is 11.5 Å². The zero-order valence-corrected chi connectivity index (χ0v) is 16.6. The molecule has 1 aliphatic rings. The second-order valence-electron chi connectivity index (χ2n) is 7.00. The van der Waals surface area contributed by atoms with Crippen LogP contribution in [0.15, 0.2) is 53.4 Å². The number of ether oxygens (including phenoxy) is 1. The number of nitrogens with two attached hydrogens (primary N) is 1. The Balaban J connectivity index is 2.04. The molecular weight excluding hydrogens is 362 g/mol. The molecule has 0 aromatic heterocycles. The predicted octanol–water partition coefficient (Wildman–Crippen LogP) is 2.76. The number of aryl methyl sites for hydroxylation is 2. The molecule has 0 unspecified atom stereocenters. The minimum absolute atomic E-state index is 0.149. The van der Waals surface area contributed by atoms with Gasteiger partial charge in [0.25, 0.3) is 0 Å². The Morgan fingerprint density at radius 3 is 2.19 bits per heavy atom. The Morgan fingerprint density at radius 2 is 1.67 bits per heavy atom. The first-order valence-electron chi connectivity index (χ1n) is 9.12. The van der Waals surface area contributed by atoms with Crippen molar-refractivity contribution >= 4 is 15.8 Å². The first kappa shape index (κ1) is 19.6. The quantitative estimate of drug-likeness (QED) is 0.770. The molecule has 2 N–H and O–H groups in total. The monoisotopic (exact) mass is 387 g/mol. The topological polar surface area (TPSA) is 86.5 Å². The van der Waals surface area contributed by atoms with Crippen LogP contribution >= 0.6 is 0 Å². The zero-order chi connectivity index (χ0) is 19.8. The van der Waals surface area contributed by atoms with E-state index in [1.807, 2.05) is 38.1 Å². The molecular formula is C21H25NO4S. The van der Waals surface area contributed by atoms with Crippen molar-refractivity contribution in [2.45, 2.75) is 48.8 Å². The normalized spacial score (nSPS) is 24.4. The molecule has 5 nitrogen and oxygen atoms in total. The molecule has 2 aromatic rings. The summed E-state index contributed by atoms with van der Waals surface area (Å²) in [7, 11) is -3.79. The van der Waals surface area contributed by atoms with Gasteiger partial charge >= 0.3 is 5.97 Å². The van der Waals surface area contributed by atoms with Crippen molar-refractivity contribution in [1.29, 1.82) is 0 Å². The first-order chi connectivity index (χ1) is 12.8. The largest absolute Gasteiger partial charge is 0.465 e. The molecule has 0 heterocycles. The summed E-state index contributed by atoms with van der Waals surface area (Å²) in [5.41, 5.74) is 7.62. The van der Waals surface area contributed by atoms with Crippen LogP contribution in [0.25, 0.3) is 0 Å². The number of carbonyl (C=O) groups excluding carboxylic acids is 1.